The molecular formula is C20H10ClF4NO2. The smallest absolute Gasteiger partial charge is 0.255 e. The molecule has 0 bridgehead atoms. The molecule has 0 spiro atoms. The van der Waals surface area contributed by atoms with Crippen LogP contribution in [0.25, 0.3) is 16.3 Å². The second kappa shape index (κ2) is 7.82. The number of carbonyl (C=O) groups excluding carboxylic acids is 1. The van der Waals surface area contributed by atoms with Crippen LogP contribution in [0.3, 0.4) is 0 Å². The molecule has 0 aliphatic heterocycles. The van der Waals surface area contributed by atoms with Crippen LogP contribution in [0.2, 0.25) is 0 Å². The van der Waals surface area contributed by atoms with Gasteiger partial charge in [0.05, 0.1) is 5.03 Å². The van der Waals surface area contributed by atoms with Crippen molar-refractivity contribution >= 4 is 28.5 Å². The first kappa shape index (κ1) is 19.6. The van der Waals surface area contributed by atoms with E-state index in [4.69, 9.17) is 11.6 Å². The predicted octanol–water partition coefficient (Wildman–Crippen LogP) is 4.70. The summed E-state index contributed by atoms with van der Waals surface area (Å²) < 4.78 is 55.9. The van der Waals surface area contributed by atoms with Gasteiger partial charge in [-0.2, -0.15) is 0 Å². The van der Waals surface area contributed by atoms with Crippen LogP contribution >= 0.6 is 11.6 Å². The van der Waals surface area contributed by atoms with Crippen LogP contribution < -0.4 is 5.56 Å². The minimum atomic E-state index is -1.02. The summed E-state index contributed by atoms with van der Waals surface area (Å²) in [6, 6.07) is 7.85. The van der Waals surface area contributed by atoms with Crippen molar-refractivity contribution in [2.45, 2.75) is 0 Å². The Bertz CT molecular complexity index is 1150. The molecule has 0 unspecified atom stereocenters. The molecule has 2 aromatic carbocycles. The molecule has 0 radical (unpaired) electrons. The summed E-state index contributed by atoms with van der Waals surface area (Å²) >= 11 is 6.20. The van der Waals surface area contributed by atoms with Crippen molar-refractivity contribution in [2.75, 3.05) is 0 Å². The summed E-state index contributed by atoms with van der Waals surface area (Å²) in [4.78, 5) is 23.6. The predicted molar refractivity (Wildman–Crippen MR) is 97.0 cm³/mol. The molecule has 0 saturated heterocycles. The summed E-state index contributed by atoms with van der Waals surface area (Å²) in [5.74, 6) is -3.83. The zero-order valence-electron chi connectivity index (χ0n) is 13.9. The van der Waals surface area contributed by atoms with Gasteiger partial charge in [0, 0.05) is 35.0 Å². The van der Waals surface area contributed by atoms with Crippen LogP contribution in [0, 0.1) is 23.3 Å². The van der Waals surface area contributed by atoms with E-state index in [-0.39, 0.29) is 28.0 Å². The largest absolute Gasteiger partial charge is 0.298 e. The number of rotatable bonds is 4. The lowest BCUT2D eigenvalue weighted by molar-refractivity contribution is -0.103. The van der Waals surface area contributed by atoms with Gasteiger partial charge < -0.3 is 0 Å². The summed E-state index contributed by atoms with van der Waals surface area (Å²) in [6.07, 6.45) is 1.29. The number of aldehydes is 1. The fourth-order valence-electron chi connectivity index (χ4n) is 2.61. The Morgan fingerprint density at radius 3 is 2.21 bits per heavy atom. The van der Waals surface area contributed by atoms with Gasteiger partial charge in [-0.05, 0) is 30.3 Å². The van der Waals surface area contributed by atoms with E-state index in [1.54, 1.807) is 0 Å². The van der Waals surface area contributed by atoms with E-state index >= 15 is 0 Å². The number of pyridine rings is 1. The van der Waals surface area contributed by atoms with E-state index in [2.05, 4.69) is 0 Å². The normalized spacial score (nSPS) is 11.9. The fourth-order valence-corrected chi connectivity index (χ4v) is 2.87. The third-order valence-electron chi connectivity index (χ3n) is 3.92. The molecule has 0 aliphatic rings. The van der Waals surface area contributed by atoms with Crippen molar-refractivity contribution in [3.8, 4) is 5.69 Å². The molecule has 3 rings (SSSR count). The van der Waals surface area contributed by atoms with Gasteiger partial charge in [-0.15, -0.1) is 0 Å². The second-order valence-corrected chi connectivity index (χ2v) is 6.04. The topological polar surface area (TPSA) is 39.1 Å². The Balaban J connectivity index is 2.22. The molecule has 0 fully saturated rings. The number of halogens is 5. The lowest BCUT2D eigenvalue weighted by Gasteiger charge is -2.11. The second-order valence-electron chi connectivity index (χ2n) is 5.67. The van der Waals surface area contributed by atoms with Crippen LogP contribution in [0.15, 0.2) is 59.5 Å². The van der Waals surface area contributed by atoms with Gasteiger partial charge >= 0.3 is 0 Å². The number of hydrogen-bond donors (Lipinski definition) is 0. The Labute approximate surface area is 161 Å². The van der Waals surface area contributed by atoms with Gasteiger partial charge in [0.2, 0.25) is 0 Å². The summed E-state index contributed by atoms with van der Waals surface area (Å²) in [5, 5.41) is -0.286. The SMILES string of the molecule is O=C/C(=C(/Cl)c1ccc(=O)n(-c2c(F)cccc2F)c1)c1ccc(F)cc1F. The molecule has 1 aromatic heterocycles. The molecule has 0 atom stereocenters. The molecular weight excluding hydrogens is 398 g/mol. The molecule has 142 valence electrons. The number of carbonyl (C=O) groups is 1. The van der Waals surface area contributed by atoms with Gasteiger partial charge in [0.1, 0.15) is 29.0 Å². The minimum Gasteiger partial charge on any atom is -0.298 e. The maximum absolute atomic E-state index is 14.0. The third kappa shape index (κ3) is 3.61. The average Bonchev–Trinajstić information content (AvgIpc) is 2.65. The van der Waals surface area contributed by atoms with Crippen LogP contribution in [0.4, 0.5) is 17.6 Å². The number of aromatic nitrogens is 1. The molecule has 0 aliphatic carbocycles. The monoisotopic (exact) mass is 407 g/mol. The lowest BCUT2D eigenvalue weighted by atomic mass is 10.0. The molecule has 0 N–H and O–H groups in total. The van der Waals surface area contributed by atoms with E-state index in [9.17, 15) is 27.2 Å². The average molecular weight is 408 g/mol. The van der Waals surface area contributed by atoms with E-state index < -0.39 is 34.5 Å². The van der Waals surface area contributed by atoms with E-state index in [1.165, 1.54) is 6.07 Å². The van der Waals surface area contributed by atoms with Crippen LogP contribution in [0.5, 0.6) is 0 Å². The standard InChI is InChI=1S/C20H10ClF4NO2/c21-19(14(10-27)13-6-5-12(22)8-17(13)25)11-4-7-18(28)26(9-11)20-15(23)2-1-3-16(20)24/h1-10H/b19-14-. The van der Waals surface area contributed by atoms with Gasteiger partial charge in [0.25, 0.3) is 5.56 Å². The molecule has 3 aromatic rings. The highest BCUT2D eigenvalue weighted by molar-refractivity contribution is 6.55. The van der Waals surface area contributed by atoms with Gasteiger partial charge in [0.15, 0.2) is 6.29 Å². The Morgan fingerprint density at radius 1 is 0.929 bits per heavy atom. The summed E-state index contributed by atoms with van der Waals surface area (Å²) in [5.41, 5.74) is -1.94. The molecule has 0 amide bonds. The lowest BCUT2D eigenvalue weighted by Crippen LogP contribution is -2.19. The number of hydrogen-bond acceptors (Lipinski definition) is 2. The first-order valence-corrected chi connectivity index (χ1v) is 8.19. The first-order chi connectivity index (χ1) is 13.3. The maximum atomic E-state index is 14.0. The highest BCUT2D eigenvalue weighted by Gasteiger charge is 2.17. The fraction of sp³-hybridized carbons (Fsp3) is 0. The maximum Gasteiger partial charge on any atom is 0.255 e. The van der Waals surface area contributed by atoms with E-state index in [1.807, 2.05) is 0 Å². The van der Waals surface area contributed by atoms with Crippen molar-refractivity contribution in [3.05, 3.63) is 99.5 Å². The first-order valence-electron chi connectivity index (χ1n) is 7.81. The zero-order chi connectivity index (χ0) is 20.4. The van der Waals surface area contributed by atoms with Crippen LogP contribution in [-0.4, -0.2) is 10.9 Å². The highest BCUT2D eigenvalue weighted by atomic mass is 35.5. The molecule has 28 heavy (non-hydrogen) atoms. The van der Waals surface area contributed by atoms with Crippen LogP contribution in [0.1, 0.15) is 11.1 Å². The highest BCUT2D eigenvalue weighted by Crippen LogP contribution is 2.30. The van der Waals surface area contributed by atoms with Crippen molar-refractivity contribution in [3.63, 3.8) is 0 Å². The molecule has 3 nitrogen and oxygen atoms in total. The van der Waals surface area contributed by atoms with E-state index in [0.717, 1.165) is 42.6 Å². The molecule has 1 heterocycles. The van der Waals surface area contributed by atoms with Gasteiger partial charge in [-0.1, -0.05) is 17.7 Å². The Morgan fingerprint density at radius 2 is 1.61 bits per heavy atom. The van der Waals surface area contributed by atoms with Crippen molar-refractivity contribution < 1.29 is 22.4 Å². The molecule has 8 heteroatoms. The Hall–Kier alpha value is -3.19. The van der Waals surface area contributed by atoms with Gasteiger partial charge in [-0.3, -0.25) is 14.2 Å². The summed E-state index contributed by atoms with van der Waals surface area (Å²) in [6.45, 7) is 0. The number of nitrogens with zero attached hydrogens (tertiary/aromatic N) is 1. The van der Waals surface area contributed by atoms with Gasteiger partial charge in [-0.25, -0.2) is 17.6 Å². The Kier molecular flexibility index (Phi) is 5.46. The number of benzene rings is 2. The van der Waals surface area contributed by atoms with Crippen molar-refractivity contribution in [2.24, 2.45) is 0 Å². The number of para-hydroxylation sites is 1. The third-order valence-corrected chi connectivity index (χ3v) is 4.34. The van der Waals surface area contributed by atoms with Crippen molar-refractivity contribution in [1.82, 2.24) is 4.57 Å². The van der Waals surface area contributed by atoms with E-state index in [0.29, 0.717) is 10.6 Å². The minimum absolute atomic E-state index is 0.0229. The molecule has 0 saturated carbocycles. The quantitative estimate of drug-likeness (QED) is 0.357. The van der Waals surface area contributed by atoms with Crippen LogP contribution in [-0.2, 0) is 4.79 Å². The van der Waals surface area contributed by atoms with Crippen molar-refractivity contribution in [1.29, 1.82) is 0 Å². The number of allylic oxidation sites excluding steroid dienone is 1. The summed E-state index contributed by atoms with van der Waals surface area (Å²) in [7, 11) is 0. The zero-order valence-corrected chi connectivity index (χ0v) is 14.7.